The van der Waals surface area contributed by atoms with Crippen LogP contribution in [0.1, 0.15) is 60.9 Å². The minimum absolute atomic E-state index is 0.0129. The molecule has 0 radical (unpaired) electrons. The van der Waals surface area contributed by atoms with Crippen LogP contribution in [-0.2, 0) is 17.8 Å². The number of aromatic amines is 1. The van der Waals surface area contributed by atoms with Crippen LogP contribution in [0.25, 0.3) is 10.9 Å². The summed E-state index contributed by atoms with van der Waals surface area (Å²) < 4.78 is 7.65. The van der Waals surface area contributed by atoms with Gasteiger partial charge in [-0.1, -0.05) is 38.0 Å². The molecule has 1 saturated carbocycles. The van der Waals surface area contributed by atoms with Gasteiger partial charge in [0.15, 0.2) is 0 Å². The number of hydrogen-bond donors (Lipinski definition) is 3. The van der Waals surface area contributed by atoms with Crippen LogP contribution in [0.5, 0.6) is 5.88 Å². The van der Waals surface area contributed by atoms with Gasteiger partial charge < -0.3 is 20.4 Å². The van der Waals surface area contributed by atoms with Gasteiger partial charge in [0.05, 0.1) is 11.4 Å². The van der Waals surface area contributed by atoms with Crippen LogP contribution in [0, 0.1) is 18.3 Å². The summed E-state index contributed by atoms with van der Waals surface area (Å²) in [5.74, 6) is 0.0405. The number of aryl methyl sites for hydroxylation is 2. The van der Waals surface area contributed by atoms with Crippen LogP contribution >= 0.6 is 0 Å². The molecule has 1 unspecified atom stereocenters. The summed E-state index contributed by atoms with van der Waals surface area (Å²) >= 11 is 0. The molecule has 1 atom stereocenters. The van der Waals surface area contributed by atoms with Gasteiger partial charge >= 0.3 is 0 Å². The molecule has 4 N–H and O–H groups in total. The molecule has 8 heteroatoms. The summed E-state index contributed by atoms with van der Waals surface area (Å²) in [6, 6.07) is 8.68. The zero-order chi connectivity index (χ0) is 23.1. The Morgan fingerprint density at radius 3 is 2.91 bits per heavy atom. The minimum atomic E-state index is -0.425. The number of ether oxygens (including phenoxy) is 1. The van der Waals surface area contributed by atoms with E-state index in [2.05, 4.69) is 34.6 Å². The standard InChI is InChI=1S/C25H28N6O2/c1-3-15-7-6-10-17-19(12-31(23(15)17)13-20(32)28-16-8-4-5-9-16)22-18(11-26)24(27)33-25-21(22)14(2)29-30-25/h6-7,10,12,16,22H,3-5,8-9,13,27H2,1-2H3,(H,28,32)(H,29,30). The maximum atomic E-state index is 12.9. The Balaban J connectivity index is 1.64. The van der Waals surface area contributed by atoms with E-state index in [4.69, 9.17) is 10.5 Å². The van der Waals surface area contributed by atoms with Gasteiger partial charge in [-0.15, -0.1) is 5.10 Å². The summed E-state index contributed by atoms with van der Waals surface area (Å²) in [6.45, 7) is 4.24. The summed E-state index contributed by atoms with van der Waals surface area (Å²) in [5, 5.41) is 21.3. The van der Waals surface area contributed by atoms with Gasteiger partial charge in [-0.3, -0.25) is 9.89 Å². The van der Waals surface area contributed by atoms with E-state index < -0.39 is 5.92 Å². The highest BCUT2D eigenvalue weighted by Gasteiger charge is 2.36. The lowest BCUT2D eigenvalue weighted by Crippen LogP contribution is -2.35. The summed E-state index contributed by atoms with van der Waals surface area (Å²) in [5.41, 5.74) is 11.2. The number of carbonyl (C=O) groups excluding carboxylic acids is 1. The van der Waals surface area contributed by atoms with Crippen molar-refractivity contribution in [2.24, 2.45) is 5.73 Å². The average molecular weight is 445 g/mol. The Kier molecular flexibility index (Phi) is 5.33. The maximum absolute atomic E-state index is 12.9. The Hall–Kier alpha value is -3.73. The highest BCUT2D eigenvalue weighted by atomic mass is 16.5. The van der Waals surface area contributed by atoms with E-state index in [1.165, 1.54) is 12.8 Å². The van der Waals surface area contributed by atoms with Gasteiger partial charge in [0, 0.05) is 28.9 Å². The molecular weight excluding hydrogens is 416 g/mol. The fourth-order valence-corrected chi connectivity index (χ4v) is 5.31. The number of amides is 1. The predicted molar refractivity (Wildman–Crippen MR) is 124 cm³/mol. The molecule has 2 aromatic heterocycles. The lowest BCUT2D eigenvalue weighted by atomic mass is 9.84. The van der Waals surface area contributed by atoms with Crippen LogP contribution in [0.4, 0.5) is 0 Å². The number of hydrogen-bond acceptors (Lipinski definition) is 5. The van der Waals surface area contributed by atoms with Gasteiger partial charge in [-0.25, -0.2) is 0 Å². The molecule has 0 saturated heterocycles. The molecule has 1 aliphatic heterocycles. The lowest BCUT2D eigenvalue weighted by Gasteiger charge is -2.23. The van der Waals surface area contributed by atoms with Crippen molar-refractivity contribution in [3.63, 3.8) is 0 Å². The average Bonchev–Trinajstić information content (AvgIpc) is 3.53. The number of fused-ring (bicyclic) bond motifs is 2. The van der Waals surface area contributed by atoms with E-state index in [9.17, 15) is 10.1 Å². The molecule has 1 aromatic carbocycles. The Labute approximate surface area is 192 Å². The van der Waals surface area contributed by atoms with Crippen LogP contribution in [0.2, 0.25) is 0 Å². The molecule has 1 fully saturated rings. The molecular formula is C25H28N6O2. The summed E-state index contributed by atoms with van der Waals surface area (Å²) in [6.07, 6.45) is 7.26. The van der Waals surface area contributed by atoms with E-state index in [1.807, 2.05) is 29.8 Å². The number of nitrogens with two attached hydrogens (primary N) is 1. The second kappa shape index (κ2) is 8.32. The molecule has 5 rings (SSSR count). The lowest BCUT2D eigenvalue weighted by molar-refractivity contribution is -0.122. The third-order valence-corrected chi connectivity index (χ3v) is 6.87. The highest BCUT2D eigenvalue weighted by Crippen LogP contribution is 2.45. The fraction of sp³-hybridized carbons (Fsp3) is 0.400. The predicted octanol–water partition coefficient (Wildman–Crippen LogP) is 3.51. The van der Waals surface area contributed by atoms with Gasteiger partial charge in [-0.05, 0) is 37.3 Å². The Morgan fingerprint density at radius 2 is 2.18 bits per heavy atom. The van der Waals surface area contributed by atoms with Gasteiger partial charge in [0.25, 0.3) is 0 Å². The number of H-pyrrole nitrogens is 1. The van der Waals surface area contributed by atoms with Crippen molar-refractivity contribution >= 4 is 16.8 Å². The number of nitrogens with zero attached hydrogens (tertiary/aromatic N) is 3. The van der Waals surface area contributed by atoms with Gasteiger partial charge in [0.2, 0.25) is 17.7 Å². The smallest absolute Gasteiger partial charge is 0.244 e. The first-order valence-electron chi connectivity index (χ1n) is 11.5. The summed E-state index contributed by atoms with van der Waals surface area (Å²) in [4.78, 5) is 12.9. The SMILES string of the molecule is CCc1cccc2c(C3C(C#N)=C(N)Oc4n[nH]c(C)c43)cn(CC(=O)NC3CCCC3)c12. The maximum Gasteiger partial charge on any atom is 0.244 e. The van der Waals surface area contributed by atoms with Crippen LogP contribution in [-0.4, -0.2) is 26.7 Å². The van der Waals surface area contributed by atoms with Crippen molar-refractivity contribution in [1.82, 2.24) is 20.1 Å². The molecule has 1 amide bonds. The normalized spacial score (nSPS) is 18.3. The van der Waals surface area contributed by atoms with E-state index in [-0.39, 0.29) is 24.4 Å². The zero-order valence-corrected chi connectivity index (χ0v) is 18.9. The van der Waals surface area contributed by atoms with Crippen LogP contribution in [0.15, 0.2) is 35.9 Å². The molecule has 170 valence electrons. The van der Waals surface area contributed by atoms with Crippen molar-refractivity contribution in [3.8, 4) is 11.9 Å². The van der Waals surface area contributed by atoms with Gasteiger partial charge in [-0.2, -0.15) is 5.26 Å². The van der Waals surface area contributed by atoms with Gasteiger partial charge in [0.1, 0.15) is 18.2 Å². The first-order chi connectivity index (χ1) is 16.0. The molecule has 0 spiro atoms. The van der Waals surface area contributed by atoms with Crippen molar-refractivity contribution in [2.75, 3.05) is 0 Å². The van der Waals surface area contributed by atoms with E-state index in [1.54, 1.807) is 0 Å². The molecule has 3 heterocycles. The minimum Gasteiger partial charge on any atom is -0.420 e. The molecule has 33 heavy (non-hydrogen) atoms. The number of nitrogens with one attached hydrogen (secondary N) is 2. The highest BCUT2D eigenvalue weighted by molar-refractivity contribution is 5.90. The van der Waals surface area contributed by atoms with Crippen molar-refractivity contribution in [3.05, 3.63) is 58.2 Å². The number of rotatable bonds is 5. The van der Waals surface area contributed by atoms with Crippen molar-refractivity contribution in [2.45, 2.75) is 64.5 Å². The molecule has 8 nitrogen and oxygen atoms in total. The second-order valence-corrected chi connectivity index (χ2v) is 8.92. The quantitative estimate of drug-likeness (QED) is 0.556. The monoisotopic (exact) mass is 444 g/mol. The van der Waals surface area contributed by atoms with E-state index in [0.29, 0.717) is 11.5 Å². The van der Waals surface area contributed by atoms with Crippen molar-refractivity contribution < 1.29 is 9.53 Å². The largest absolute Gasteiger partial charge is 0.420 e. The number of allylic oxidation sites excluding steroid dienone is 1. The first-order valence-corrected chi connectivity index (χ1v) is 11.5. The second-order valence-electron chi connectivity index (χ2n) is 8.92. The zero-order valence-electron chi connectivity index (χ0n) is 18.9. The topological polar surface area (TPSA) is 122 Å². The van der Waals surface area contributed by atoms with Crippen LogP contribution in [0.3, 0.4) is 0 Å². The molecule has 1 aliphatic carbocycles. The third kappa shape index (κ3) is 3.54. The third-order valence-electron chi connectivity index (χ3n) is 6.87. The number of aromatic nitrogens is 3. The molecule has 0 bridgehead atoms. The Bertz CT molecular complexity index is 1300. The number of carbonyl (C=O) groups is 1. The van der Waals surface area contributed by atoms with Crippen LogP contribution < -0.4 is 15.8 Å². The number of benzene rings is 1. The molecule has 3 aromatic rings. The summed E-state index contributed by atoms with van der Waals surface area (Å²) in [7, 11) is 0. The molecule has 2 aliphatic rings. The Morgan fingerprint density at radius 1 is 1.39 bits per heavy atom. The number of para-hydroxylation sites is 1. The fourth-order valence-electron chi connectivity index (χ4n) is 5.31. The van der Waals surface area contributed by atoms with E-state index in [0.717, 1.165) is 52.5 Å². The number of nitriles is 1. The van der Waals surface area contributed by atoms with E-state index >= 15 is 0 Å². The van der Waals surface area contributed by atoms with Crippen molar-refractivity contribution in [1.29, 1.82) is 5.26 Å². The first kappa shape index (κ1) is 21.1.